The lowest BCUT2D eigenvalue weighted by Crippen LogP contribution is -2.02. The molecule has 0 spiro atoms. The summed E-state index contributed by atoms with van der Waals surface area (Å²) >= 11 is 0. The Kier molecular flexibility index (Phi) is 3.92. The van der Waals surface area contributed by atoms with Gasteiger partial charge >= 0.3 is 11.9 Å². The Balaban J connectivity index is 3.07. The Bertz CT molecular complexity index is 494. The zero-order valence-corrected chi connectivity index (χ0v) is 8.48. The fourth-order valence-electron chi connectivity index (χ4n) is 1.14. The highest BCUT2D eigenvalue weighted by molar-refractivity contribution is 5.88. The van der Waals surface area contributed by atoms with Crippen molar-refractivity contribution in [3.63, 3.8) is 0 Å². The van der Waals surface area contributed by atoms with E-state index in [0.717, 1.165) is 18.2 Å². The normalized spacial score (nSPS) is 10.7. The van der Waals surface area contributed by atoms with Crippen molar-refractivity contribution < 1.29 is 28.6 Å². The van der Waals surface area contributed by atoms with Crippen molar-refractivity contribution in [3.05, 3.63) is 41.0 Å². The van der Waals surface area contributed by atoms with Crippen molar-refractivity contribution in [2.24, 2.45) is 0 Å². The molecule has 1 aromatic rings. The number of carbonyl (C=O) groups is 2. The fraction of sp³-hybridized carbons (Fsp3) is 0.0909. The molecule has 0 aliphatic rings. The van der Waals surface area contributed by atoms with Gasteiger partial charge in [-0.1, -0.05) is 12.2 Å². The maximum absolute atomic E-state index is 13.2. The number of carboxylic acids is 2. The second-order valence-corrected chi connectivity index (χ2v) is 3.16. The minimum absolute atomic E-state index is 0.176. The molecule has 0 unspecified atom stereocenters. The average molecular weight is 242 g/mol. The summed E-state index contributed by atoms with van der Waals surface area (Å²) in [7, 11) is 0. The van der Waals surface area contributed by atoms with Crippen molar-refractivity contribution in [1.82, 2.24) is 0 Å². The van der Waals surface area contributed by atoms with Crippen LogP contribution in [0.15, 0.2) is 18.2 Å². The van der Waals surface area contributed by atoms with Crippen LogP contribution >= 0.6 is 0 Å². The smallest absolute Gasteiger partial charge is 0.338 e. The van der Waals surface area contributed by atoms with Gasteiger partial charge < -0.3 is 10.2 Å². The quantitative estimate of drug-likeness (QED) is 0.848. The van der Waals surface area contributed by atoms with Gasteiger partial charge in [0.25, 0.3) is 0 Å². The van der Waals surface area contributed by atoms with Crippen LogP contribution in [0.1, 0.15) is 22.3 Å². The largest absolute Gasteiger partial charge is 0.481 e. The van der Waals surface area contributed by atoms with Crippen molar-refractivity contribution in [3.8, 4) is 0 Å². The van der Waals surface area contributed by atoms with Gasteiger partial charge in [-0.15, -0.1) is 0 Å². The van der Waals surface area contributed by atoms with Crippen molar-refractivity contribution in [2.45, 2.75) is 6.42 Å². The molecule has 1 aromatic carbocycles. The highest BCUT2D eigenvalue weighted by Crippen LogP contribution is 2.16. The minimum atomic E-state index is -1.52. The second kappa shape index (κ2) is 5.20. The van der Waals surface area contributed by atoms with E-state index >= 15 is 0 Å². The van der Waals surface area contributed by atoms with Gasteiger partial charge in [-0.05, 0) is 6.07 Å². The highest BCUT2D eigenvalue weighted by atomic mass is 19.1. The van der Waals surface area contributed by atoms with Gasteiger partial charge in [0.1, 0.15) is 11.6 Å². The Morgan fingerprint density at radius 3 is 2.35 bits per heavy atom. The molecule has 0 saturated heterocycles. The molecule has 0 saturated carbocycles. The predicted octanol–water partition coefficient (Wildman–Crippen LogP) is 2.15. The van der Waals surface area contributed by atoms with Gasteiger partial charge in [0, 0.05) is 11.6 Å². The molecule has 0 aliphatic carbocycles. The van der Waals surface area contributed by atoms with Crippen LogP contribution in [0.3, 0.4) is 0 Å². The average Bonchev–Trinajstić information content (AvgIpc) is 2.20. The third-order valence-corrected chi connectivity index (χ3v) is 1.91. The number of aromatic carboxylic acids is 1. The molecule has 0 aromatic heterocycles. The van der Waals surface area contributed by atoms with E-state index in [1.807, 2.05) is 0 Å². The molecule has 0 radical (unpaired) electrons. The van der Waals surface area contributed by atoms with Crippen LogP contribution in [0.5, 0.6) is 0 Å². The van der Waals surface area contributed by atoms with Gasteiger partial charge in [-0.3, -0.25) is 4.79 Å². The summed E-state index contributed by atoms with van der Waals surface area (Å²) in [5, 5.41) is 17.0. The molecule has 4 nitrogen and oxygen atoms in total. The summed E-state index contributed by atoms with van der Waals surface area (Å²) in [6.07, 6.45) is 1.90. The van der Waals surface area contributed by atoms with Crippen LogP contribution in [0.2, 0.25) is 0 Å². The predicted molar refractivity (Wildman–Crippen MR) is 54.6 cm³/mol. The first-order chi connectivity index (χ1) is 7.91. The minimum Gasteiger partial charge on any atom is -0.481 e. The monoisotopic (exact) mass is 242 g/mol. The van der Waals surface area contributed by atoms with E-state index < -0.39 is 29.1 Å². The molecule has 6 heteroatoms. The van der Waals surface area contributed by atoms with E-state index in [2.05, 4.69) is 0 Å². The maximum Gasteiger partial charge on any atom is 0.338 e. The van der Waals surface area contributed by atoms with Gasteiger partial charge in [-0.25, -0.2) is 13.6 Å². The second-order valence-electron chi connectivity index (χ2n) is 3.16. The Morgan fingerprint density at radius 2 is 1.82 bits per heavy atom. The Labute approximate surface area is 94.8 Å². The molecule has 0 fully saturated rings. The van der Waals surface area contributed by atoms with Gasteiger partial charge in [0.05, 0.1) is 12.0 Å². The molecular formula is C11H8F2O4. The molecule has 0 aliphatic heterocycles. The Hall–Kier alpha value is -2.24. The van der Waals surface area contributed by atoms with E-state index in [0.29, 0.717) is 6.07 Å². The number of halogens is 2. The van der Waals surface area contributed by atoms with Gasteiger partial charge in [0.2, 0.25) is 0 Å². The van der Waals surface area contributed by atoms with Crippen molar-refractivity contribution >= 4 is 18.0 Å². The third kappa shape index (κ3) is 3.37. The fourth-order valence-corrected chi connectivity index (χ4v) is 1.14. The highest BCUT2D eigenvalue weighted by Gasteiger charge is 2.13. The summed E-state index contributed by atoms with van der Waals surface area (Å²) < 4.78 is 26.2. The van der Waals surface area contributed by atoms with Crippen LogP contribution < -0.4 is 0 Å². The van der Waals surface area contributed by atoms with Crippen LogP contribution in [-0.2, 0) is 4.79 Å². The summed E-state index contributed by atoms with van der Waals surface area (Å²) in [6, 6.07) is 1.26. The first-order valence-corrected chi connectivity index (χ1v) is 4.52. The first-order valence-electron chi connectivity index (χ1n) is 4.52. The molecule has 0 heterocycles. The molecule has 0 amide bonds. The lowest BCUT2D eigenvalue weighted by molar-refractivity contribution is -0.135. The van der Waals surface area contributed by atoms with Crippen LogP contribution in [-0.4, -0.2) is 22.2 Å². The molecule has 17 heavy (non-hydrogen) atoms. The van der Waals surface area contributed by atoms with Crippen LogP contribution in [0.25, 0.3) is 6.08 Å². The van der Waals surface area contributed by atoms with Crippen LogP contribution in [0.4, 0.5) is 8.78 Å². The molecule has 90 valence electrons. The van der Waals surface area contributed by atoms with Crippen molar-refractivity contribution in [1.29, 1.82) is 0 Å². The SMILES string of the molecule is O=C(O)CC=Cc1cc(C(=O)O)c(F)cc1F. The van der Waals surface area contributed by atoms with E-state index in [4.69, 9.17) is 10.2 Å². The Morgan fingerprint density at radius 1 is 1.18 bits per heavy atom. The summed E-state index contributed by atoms with van der Waals surface area (Å²) in [5.74, 6) is -4.75. The van der Waals surface area contributed by atoms with E-state index in [-0.39, 0.29) is 12.0 Å². The molecule has 1 rings (SSSR count). The standard InChI is InChI=1S/C11H8F2O4/c12-8-5-9(13)7(11(16)17)4-6(8)2-1-3-10(14)15/h1-2,4-5H,3H2,(H,14,15)(H,16,17). The molecule has 0 bridgehead atoms. The number of aliphatic carboxylic acids is 1. The lowest BCUT2D eigenvalue weighted by atomic mass is 10.1. The first kappa shape index (κ1) is 12.8. The summed E-state index contributed by atoms with van der Waals surface area (Å²) in [5.41, 5.74) is -0.841. The molecule has 0 atom stereocenters. The number of rotatable bonds is 4. The number of carboxylic acid groups (broad SMARTS) is 2. The zero-order chi connectivity index (χ0) is 13.0. The number of benzene rings is 1. The van der Waals surface area contributed by atoms with Crippen molar-refractivity contribution in [2.75, 3.05) is 0 Å². The molecule has 2 N–H and O–H groups in total. The van der Waals surface area contributed by atoms with E-state index in [1.165, 1.54) is 0 Å². The summed E-state index contributed by atoms with van der Waals surface area (Å²) in [4.78, 5) is 20.8. The number of hydrogen-bond donors (Lipinski definition) is 2. The maximum atomic E-state index is 13.2. The van der Waals surface area contributed by atoms with Gasteiger partial charge in [-0.2, -0.15) is 0 Å². The molecular weight excluding hydrogens is 234 g/mol. The zero-order valence-electron chi connectivity index (χ0n) is 8.48. The van der Waals surface area contributed by atoms with E-state index in [9.17, 15) is 18.4 Å². The third-order valence-electron chi connectivity index (χ3n) is 1.91. The van der Waals surface area contributed by atoms with E-state index in [1.54, 1.807) is 0 Å². The number of hydrogen-bond acceptors (Lipinski definition) is 2. The van der Waals surface area contributed by atoms with Gasteiger partial charge in [0.15, 0.2) is 0 Å². The topological polar surface area (TPSA) is 74.6 Å². The van der Waals surface area contributed by atoms with Crippen LogP contribution in [0, 0.1) is 11.6 Å². The summed E-state index contributed by atoms with van der Waals surface area (Å²) in [6.45, 7) is 0. The lowest BCUT2D eigenvalue weighted by Gasteiger charge is -2.01.